The van der Waals surface area contributed by atoms with E-state index in [0.717, 1.165) is 13.0 Å². The molecule has 0 aromatic carbocycles. The molecular weight excluding hydrogens is 188 g/mol. The molecule has 0 aromatic rings. The van der Waals surface area contributed by atoms with Crippen molar-refractivity contribution in [2.24, 2.45) is 0 Å². The van der Waals surface area contributed by atoms with E-state index in [0.29, 0.717) is 6.42 Å². The predicted molar refractivity (Wildman–Crippen MR) is 52.7 cm³/mol. The summed E-state index contributed by atoms with van der Waals surface area (Å²) in [5.41, 5.74) is 0. The SMILES string of the molecule is O=C(O)CCC[SiH]1CCCO[SiH2]1. The lowest BCUT2D eigenvalue weighted by molar-refractivity contribution is -0.137. The third kappa shape index (κ3) is 4.03. The Bertz CT molecular complexity index is 146. The summed E-state index contributed by atoms with van der Waals surface area (Å²) in [5, 5.41) is 8.44. The highest BCUT2D eigenvalue weighted by molar-refractivity contribution is 7.10. The smallest absolute Gasteiger partial charge is 0.303 e. The Morgan fingerprint density at radius 1 is 1.67 bits per heavy atom. The van der Waals surface area contributed by atoms with Crippen LogP contribution in [0.4, 0.5) is 0 Å². The molecule has 3 nitrogen and oxygen atoms in total. The summed E-state index contributed by atoms with van der Waals surface area (Å²) < 4.78 is 5.49. The standard InChI is InChI=1S/C7H16O3Si2/c8-7(9)3-1-5-12-6-2-4-10-11-12/h12H,1-6,11H2,(H,8,9). The number of hydrogen-bond acceptors (Lipinski definition) is 2. The van der Waals surface area contributed by atoms with Crippen molar-refractivity contribution >= 4 is 23.6 Å². The van der Waals surface area contributed by atoms with Gasteiger partial charge in [0, 0.05) is 13.0 Å². The molecule has 1 heterocycles. The molecule has 1 fully saturated rings. The third-order valence-electron chi connectivity index (χ3n) is 2.26. The zero-order valence-electron chi connectivity index (χ0n) is 7.29. The molecule has 1 aliphatic heterocycles. The van der Waals surface area contributed by atoms with Crippen LogP contribution in [0.1, 0.15) is 19.3 Å². The second-order valence-electron chi connectivity index (χ2n) is 3.37. The number of hydrogen-bond donors (Lipinski definition) is 1. The summed E-state index contributed by atoms with van der Waals surface area (Å²) in [4.78, 5) is 10.2. The molecule has 1 N–H and O–H groups in total. The normalized spacial score (nSPS) is 25.8. The molecule has 0 saturated carbocycles. The predicted octanol–water partition coefficient (Wildman–Crippen LogP) is 0.0791. The van der Waals surface area contributed by atoms with Crippen LogP contribution in [0.25, 0.3) is 0 Å². The molecule has 1 unspecified atom stereocenters. The first kappa shape index (κ1) is 9.95. The minimum atomic E-state index is -0.651. The minimum absolute atomic E-state index is 0.176. The minimum Gasteiger partial charge on any atom is -0.481 e. The van der Waals surface area contributed by atoms with Gasteiger partial charge >= 0.3 is 5.97 Å². The first-order valence-electron chi connectivity index (χ1n) is 4.58. The zero-order valence-corrected chi connectivity index (χ0v) is 9.86. The van der Waals surface area contributed by atoms with E-state index in [1.165, 1.54) is 18.5 Å². The van der Waals surface area contributed by atoms with E-state index in [4.69, 9.17) is 9.53 Å². The van der Waals surface area contributed by atoms with E-state index in [2.05, 4.69) is 0 Å². The van der Waals surface area contributed by atoms with Gasteiger partial charge < -0.3 is 9.53 Å². The fourth-order valence-electron chi connectivity index (χ4n) is 1.58. The Kier molecular flexibility index (Phi) is 4.56. The largest absolute Gasteiger partial charge is 0.481 e. The van der Waals surface area contributed by atoms with Crippen LogP contribution < -0.4 is 0 Å². The van der Waals surface area contributed by atoms with E-state index < -0.39 is 14.3 Å². The van der Waals surface area contributed by atoms with Gasteiger partial charge in [-0.3, -0.25) is 4.79 Å². The number of carboxylic acid groups (broad SMARTS) is 1. The molecule has 1 saturated heterocycles. The first-order valence-corrected chi connectivity index (χ1v) is 10.1. The van der Waals surface area contributed by atoms with Crippen LogP contribution >= 0.6 is 0 Å². The molecular formula is C7H16O3Si2. The van der Waals surface area contributed by atoms with Crippen LogP contribution in [-0.4, -0.2) is 35.3 Å². The Morgan fingerprint density at radius 2 is 2.50 bits per heavy atom. The van der Waals surface area contributed by atoms with Crippen LogP contribution in [0.15, 0.2) is 0 Å². The monoisotopic (exact) mass is 204 g/mol. The average molecular weight is 204 g/mol. The Balaban J connectivity index is 2.01. The summed E-state index contributed by atoms with van der Waals surface area (Å²) in [7, 11) is -0.708. The summed E-state index contributed by atoms with van der Waals surface area (Å²) in [5.74, 6) is -0.651. The van der Waals surface area contributed by atoms with Crippen LogP contribution in [0.3, 0.4) is 0 Å². The third-order valence-corrected chi connectivity index (χ3v) is 10.3. The molecule has 12 heavy (non-hydrogen) atoms. The van der Waals surface area contributed by atoms with Gasteiger partial charge in [0.05, 0.1) is 8.31 Å². The van der Waals surface area contributed by atoms with Crippen LogP contribution in [0.5, 0.6) is 0 Å². The molecule has 0 aromatic heterocycles. The number of carbonyl (C=O) groups is 1. The van der Waals surface area contributed by atoms with Crippen molar-refractivity contribution in [2.45, 2.75) is 31.4 Å². The summed E-state index contributed by atoms with van der Waals surface area (Å²) in [6, 6.07) is 2.62. The molecule has 1 rings (SSSR count). The summed E-state index contributed by atoms with van der Waals surface area (Å²) >= 11 is 0. The maximum absolute atomic E-state index is 10.2. The molecule has 1 aliphatic rings. The van der Waals surface area contributed by atoms with Gasteiger partial charge in [-0.1, -0.05) is 12.1 Å². The van der Waals surface area contributed by atoms with Crippen LogP contribution in [-0.2, 0) is 9.22 Å². The Labute approximate surface area is 76.5 Å². The Hall–Kier alpha value is -0.136. The molecule has 70 valence electrons. The fraction of sp³-hybridized carbons (Fsp3) is 0.857. The van der Waals surface area contributed by atoms with E-state index in [9.17, 15) is 4.79 Å². The zero-order chi connectivity index (χ0) is 8.81. The van der Waals surface area contributed by atoms with E-state index in [1.54, 1.807) is 0 Å². The van der Waals surface area contributed by atoms with Gasteiger partial charge in [0.15, 0.2) is 0 Å². The number of rotatable bonds is 4. The topological polar surface area (TPSA) is 46.5 Å². The van der Waals surface area contributed by atoms with Gasteiger partial charge in [-0.25, -0.2) is 0 Å². The van der Waals surface area contributed by atoms with Gasteiger partial charge in [-0.15, -0.1) is 0 Å². The van der Waals surface area contributed by atoms with Crippen molar-refractivity contribution in [3.05, 3.63) is 0 Å². The molecule has 0 bridgehead atoms. The van der Waals surface area contributed by atoms with Gasteiger partial charge in [-0.2, -0.15) is 0 Å². The van der Waals surface area contributed by atoms with Crippen LogP contribution in [0, 0.1) is 0 Å². The number of aliphatic carboxylic acids is 1. The van der Waals surface area contributed by atoms with Gasteiger partial charge in [0.1, 0.15) is 9.28 Å². The molecule has 0 radical (unpaired) electrons. The van der Waals surface area contributed by atoms with Crippen molar-refractivity contribution in [3.8, 4) is 0 Å². The second-order valence-corrected chi connectivity index (χ2v) is 11.5. The van der Waals surface area contributed by atoms with E-state index in [-0.39, 0.29) is 9.28 Å². The van der Waals surface area contributed by atoms with Crippen molar-refractivity contribution in [3.63, 3.8) is 0 Å². The quantitative estimate of drug-likeness (QED) is 0.660. The van der Waals surface area contributed by atoms with Gasteiger partial charge in [-0.05, 0) is 12.8 Å². The number of carboxylic acids is 1. The lowest BCUT2D eigenvalue weighted by Gasteiger charge is -2.19. The second kappa shape index (κ2) is 5.50. The lowest BCUT2D eigenvalue weighted by atomic mass is 10.3. The summed E-state index contributed by atoms with van der Waals surface area (Å²) in [6.07, 6.45) is 2.48. The van der Waals surface area contributed by atoms with Crippen molar-refractivity contribution < 1.29 is 14.3 Å². The van der Waals surface area contributed by atoms with E-state index >= 15 is 0 Å². The van der Waals surface area contributed by atoms with E-state index in [1.807, 2.05) is 0 Å². The average Bonchev–Trinajstić information content (AvgIpc) is 2.05. The van der Waals surface area contributed by atoms with Crippen molar-refractivity contribution in [2.75, 3.05) is 6.61 Å². The first-order chi connectivity index (χ1) is 5.79. The highest BCUT2D eigenvalue weighted by atomic mass is 29.2. The maximum Gasteiger partial charge on any atom is 0.303 e. The van der Waals surface area contributed by atoms with Gasteiger partial charge in [0.2, 0.25) is 0 Å². The Morgan fingerprint density at radius 3 is 3.08 bits per heavy atom. The molecule has 5 heteroatoms. The highest BCUT2D eigenvalue weighted by Crippen LogP contribution is 2.11. The molecule has 0 spiro atoms. The maximum atomic E-state index is 10.2. The highest BCUT2D eigenvalue weighted by Gasteiger charge is 2.16. The molecule has 1 atom stereocenters. The van der Waals surface area contributed by atoms with Crippen LogP contribution in [0.2, 0.25) is 12.1 Å². The lowest BCUT2D eigenvalue weighted by Crippen LogP contribution is -2.29. The summed E-state index contributed by atoms with van der Waals surface area (Å²) in [6.45, 7) is 0.981. The molecule has 0 aliphatic carbocycles. The van der Waals surface area contributed by atoms with Crippen molar-refractivity contribution in [1.82, 2.24) is 0 Å². The fourth-order valence-corrected chi connectivity index (χ4v) is 8.66. The molecule has 0 amide bonds. The van der Waals surface area contributed by atoms with Crippen molar-refractivity contribution in [1.29, 1.82) is 0 Å². The van der Waals surface area contributed by atoms with Gasteiger partial charge in [0.25, 0.3) is 0 Å².